The molecule has 2 heterocycles. The van der Waals surface area contributed by atoms with Crippen molar-refractivity contribution in [2.75, 3.05) is 18.0 Å². The summed E-state index contributed by atoms with van der Waals surface area (Å²) in [6, 6.07) is 11.8. The molecule has 1 aromatic heterocycles. The van der Waals surface area contributed by atoms with Crippen LogP contribution in [0.25, 0.3) is 0 Å². The first-order chi connectivity index (χ1) is 10.2. The number of hydrogen-bond acceptors (Lipinski definition) is 4. The lowest BCUT2D eigenvalue weighted by molar-refractivity contribution is 0.1000. The van der Waals surface area contributed by atoms with Crippen LogP contribution in [-0.4, -0.2) is 24.0 Å². The monoisotopic (exact) mass is 282 g/mol. The number of fused-ring (bicyclic) bond motifs is 1. The third kappa shape index (κ3) is 2.48. The van der Waals surface area contributed by atoms with Crippen LogP contribution in [0.4, 0.5) is 5.82 Å². The molecule has 1 aliphatic rings. The summed E-state index contributed by atoms with van der Waals surface area (Å²) in [5.74, 6) is 0.302. The Kier molecular flexibility index (Phi) is 3.58. The number of carbonyl (C=O) groups is 1. The van der Waals surface area contributed by atoms with Crippen LogP contribution >= 0.6 is 0 Å². The fourth-order valence-corrected chi connectivity index (χ4v) is 2.91. The molecular formula is C16H18N4O. The number of amides is 1. The number of nitrogens with two attached hydrogens (primary N) is 2. The number of hydrogen-bond donors (Lipinski definition) is 2. The van der Waals surface area contributed by atoms with Gasteiger partial charge < -0.3 is 16.4 Å². The zero-order valence-corrected chi connectivity index (χ0v) is 11.7. The Morgan fingerprint density at radius 1 is 1.33 bits per heavy atom. The summed E-state index contributed by atoms with van der Waals surface area (Å²) in [6.45, 7) is 1.33. The average molecular weight is 282 g/mol. The van der Waals surface area contributed by atoms with Crippen LogP contribution in [0.5, 0.6) is 0 Å². The molecule has 0 saturated carbocycles. The van der Waals surface area contributed by atoms with Crippen molar-refractivity contribution in [2.24, 2.45) is 11.5 Å². The van der Waals surface area contributed by atoms with Gasteiger partial charge in [0.2, 0.25) is 5.91 Å². The Labute approximate surface area is 123 Å². The minimum atomic E-state index is -0.444. The molecule has 5 nitrogen and oxygen atoms in total. The van der Waals surface area contributed by atoms with Gasteiger partial charge in [-0.25, -0.2) is 4.98 Å². The predicted molar refractivity (Wildman–Crippen MR) is 82.0 cm³/mol. The SMILES string of the molecule is NCC1c2ccccc2CCN1c1cc(C(N)=O)ccn1. The maximum absolute atomic E-state index is 11.3. The molecule has 4 N–H and O–H groups in total. The summed E-state index contributed by atoms with van der Waals surface area (Å²) >= 11 is 0. The van der Waals surface area contributed by atoms with Crippen molar-refractivity contribution < 1.29 is 4.79 Å². The molecule has 21 heavy (non-hydrogen) atoms. The summed E-state index contributed by atoms with van der Waals surface area (Å²) in [5, 5.41) is 0. The van der Waals surface area contributed by atoms with Gasteiger partial charge in [0.15, 0.2) is 0 Å². The first-order valence-electron chi connectivity index (χ1n) is 7.01. The Morgan fingerprint density at radius 3 is 2.90 bits per heavy atom. The number of rotatable bonds is 3. The minimum Gasteiger partial charge on any atom is -0.366 e. The molecule has 0 bridgehead atoms. The second-order valence-corrected chi connectivity index (χ2v) is 5.16. The number of nitrogens with zero attached hydrogens (tertiary/aromatic N) is 2. The molecule has 2 aromatic rings. The van der Waals surface area contributed by atoms with Crippen LogP contribution in [-0.2, 0) is 6.42 Å². The van der Waals surface area contributed by atoms with E-state index in [9.17, 15) is 4.79 Å². The highest BCUT2D eigenvalue weighted by Crippen LogP contribution is 2.32. The van der Waals surface area contributed by atoms with E-state index in [1.807, 2.05) is 12.1 Å². The number of benzene rings is 1. The van der Waals surface area contributed by atoms with E-state index >= 15 is 0 Å². The van der Waals surface area contributed by atoms with E-state index in [4.69, 9.17) is 11.5 Å². The molecule has 1 aliphatic heterocycles. The van der Waals surface area contributed by atoms with Gasteiger partial charge in [-0.2, -0.15) is 0 Å². The summed E-state index contributed by atoms with van der Waals surface area (Å²) in [6.07, 6.45) is 2.55. The molecule has 0 radical (unpaired) electrons. The minimum absolute atomic E-state index is 0.0746. The van der Waals surface area contributed by atoms with Crippen molar-refractivity contribution in [3.63, 3.8) is 0 Å². The van der Waals surface area contributed by atoms with Crippen molar-refractivity contribution >= 4 is 11.7 Å². The first kappa shape index (κ1) is 13.6. The van der Waals surface area contributed by atoms with E-state index in [-0.39, 0.29) is 6.04 Å². The lowest BCUT2D eigenvalue weighted by Gasteiger charge is -2.37. The van der Waals surface area contributed by atoms with Crippen molar-refractivity contribution in [3.8, 4) is 0 Å². The van der Waals surface area contributed by atoms with Gasteiger partial charge in [0.1, 0.15) is 5.82 Å². The zero-order chi connectivity index (χ0) is 14.8. The number of primary amides is 1. The van der Waals surface area contributed by atoms with Crippen molar-refractivity contribution in [2.45, 2.75) is 12.5 Å². The normalized spacial score (nSPS) is 17.4. The predicted octanol–water partition coefficient (Wildman–Crippen LogP) is 1.24. The fourth-order valence-electron chi connectivity index (χ4n) is 2.91. The number of carbonyl (C=O) groups excluding carboxylic acids is 1. The quantitative estimate of drug-likeness (QED) is 0.887. The van der Waals surface area contributed by atoms with Gasteiger partial charge in [-0.05, 0) is 29.7 Å². The molecule has 108 valence electrons. The maximum Gasteiger partial charge on any atom is 0.248 e. The van der Waals surface area contributed by atoms with Crippen LogP contribution in [0.1, 0.15) is 27.5 Å². The first-order valence-corrected chi connectivity index (χ1v) is 7.01. The third-order valence-corrected chi connectivity index (χ3v) is 3.96. The van der Waals surface area contributed by atoms with E-state index in [1.54, 1.807) is 18.3 Å². The molecular weight excluding hydrogens is 264 g/mol. The molecule has 3 rings (SSSR count). The standard InChI is InChI=1S/C16H18N4O/c17-10-14-13-4-2-1-3-11(13)6-8-20(14)15-9-12(16(18)21)5-7-19-15/h1-5,7,9,14H,6,8,10,17H2,(H2,18,21). The second kappa shape index (κ2) is 5.54. The molecule has 1 atom stereocenters. The summed E-state index contributed by atoms with van der Waals surface area (Å²) in [5.41, 5.74) is 14.4. The van der Waals surface area contributed by atoms with Crippen LogP contribution in [0.15, 0.2) is 42.6 Å². The Bertz CT molecular complexity index is 671. The Balaban J connectivity index is 2.00. The highest BCUT2D eigenvalue weighted by Gasteiger charge is 2.27. The van der Waals surface area contributed by atoms with E-state index < -0.39 is 5.91 Å². The summed E-state index contributed by atoms with van der Waals surface area (Å²) in [7, 11) is 0. The molecule has 0 spiro atoms. The van der Waals surface area contributed by atoms with Crippen LogP contribution in [0.2, 0.25) is 0 Å². The number of aromatic nitrogens is 1. The van der Waals surface area contributed by atoms with Crippen molar-refractivity contribution in [1.82, 2.24) is 4.98 Å². The second-order valence-electron chi connectivity index (χ2n) is 5.16. The van der Waals surface area contributed by atoms with E-state index in [0.29, 0.717) is 12.1 Å². The molecule has 1 unspecified atom stereocenters. The smallest absolute Gasteiger partial charge is 0.248 e. The lowest BCUT2D eigenvalue weighted by atomic mass is 9.92. The van der Waals surface area contributed by atoms with Gasteiger partial charge in [0, 0.05) is 24.8 Å². The highest BCUT2D eigenvalue weighted by molar-refractivity contribution is 5.93. The zero-order valence-electron chi connectivity index (χ0n) is 11.7. The van der Waals surface area contributed by atoms with Gasteiger partial charge >= 0.3 is 0 Å². The van der Waals surface area contributed by atoms with Gasteiger partial charge in [0.25, 0.3) is 0 Å². The fraction of sp³-hybridized carbons (Fsp3) is 0.250. The van der Waals surface area contributed by atoms with Gasteiger partial charge in [-0.1, -0.05) is 24.3 Å². The molecule has 0 fully saturated rings. The van der Waals surface area contributed by atoms with Gasteiger partial charge in [-0.3, -0.25) is 4.79 Å². The van der Waals surface area contributed by atoms with Crippen molar-refractivity contribution in [1.29, 1.82) is 0 Å². The summed E-state index contributed by atoms with van der Waals surface area (Å²) < 4.78 is 0. The van der Waals surface area contributed by atoms with E-state index in [1.165, 1.54) is 11.1 Å². The van der Waals surface area contributed by atoms with Crippen molar-refractivity contribution in [3.05, 3.63) is 59.3 Å². The van der Waals surface area contributed by atoms with Gasteiger partial charge in [-0.15, -0.1) is 0 Å². The van der Waals surface area contributed by atoms with Crippen LogP contribution < -0.4 is 16.4 Å². The molecule has 1 amide bonds. The van der Waals surface area contributed by atoms with Crippen LogP contribution in [0, 0.1) is 0 Å². The van der Waals surface area contributed by atoms with E-state index in [0.717, 1.165) is 18.8 Å². The molecule has 0 saturated heterocycles. The average Bonchev–Trinajstić information content (AvgIpc) is 2.53. The number of pyridine rings is 1. The lowest BCUT2D eigenvalue weighted by Crippen LogP contribution is -2.40. The highest BCUT2D eigenvalue weighted by atomic mass is 16.1. The molecule has 5 heteroatoms. The molecule has 0 aliphatic carbocycles. The van der Waals surface area contributed by atoms with E-state index in [2.05, 4.69) is 22.0 Å². The topological polar surface area (TPSA) is 85.2 Å². The summed E-state index contributed by atoms with van der Waals surface area (Å²) in [4.78, 5) is 17.9. The Morgan fingerprint density at radius 2 is 2.14 bits per heavy atom. The largest absolute Gasteiger partial charge is 0.366 e. The Hall–Kier alpha value is -2.40. The van der Waals surface area contributed by atoms with Crippen LogP contribution in [0.3, 0.4) is 0 Å². The molecule has 1 aromatic carbocycles. The maximum atomic E-state index is 11.3. The third-order valence-electron chi connectivity index (χ3n) is 3.96. The van der Waals surface area contributed by atoms with Gasteiger partial charge in [0.05, 0.1) is 6.04 Å². The number of anilines is 1.